The number of ether oxygens (including phenoxy) is 2. The number of hydrogen-bond donors (Lipinski definition) is 1. The van der Waals surface area contributed by atoms with Crippen LogP contribution in [-0.4, -0.2) is 31.4 Å². The van der Waals surface area contributed by atoms with Crippen LogP contribution in [0.5, 0.6) is 5.75 Å². The minimum Gasteiger partial charge on any atom is -0.486 e. The minimum atomic E-state index is 0.0916. The summed E-state index contributed by atoms with van der Waals surface area (Å²) in [4.78, 5) is 0. The Morgan fingerprint density at radius 1 is 1.33 bits per heavy atom. The zero-order valence-electron chi connectivity index (χ0n) is 10.9. The number of nitrogens with one attached hydrogen (secondary N) is 1. The molecule has 2 rings (SSSR count). The van der Waals surface area contributed by atoms with E-state index in [1.165, 1.54) is 0 Å². The van der Waals surface area contributed by atoms with E-state index in [2.05, 4.69) is 12.2 Å². The van der Waals surface area contributed by atoms with Gasteiger partial charge in [-0.2, -0.15) is 0 Å². The lowest BCUT2D eigenvalue weighted by molar-refractivity contribution is -0.104. The minimum absolute atomic E-state index is 0.0916. The molecule has 1 aromatic carbocycles. The van der Waals surface area contributed by atoms with Gasteiger partial charge >= 0.3 is 0 Å². The van der Waals surface area contributed by atoms with Gasteiger partial charge in [0.1, 0.15) is 18.0 Å². The van der Waals surface area contributed by atoms with Gasteiger partial charge in [-0.3, -0.25) is 0 Å². The lowest BCUT2D eigenvalue weighted by Gasteiger charge is -2.44. The van der Waals surface area contributed by atoms with Crippen molar-refractivity contribution in [1.82, 2.24) is 5.32 Å². The molecule has 0 aromatic heterocycles. The van der Waals surface area contributed by atoms with E-state index in [0.717, 1.165) is 18.7 Å². The average Bonchev–Trinajstić information content (AvgIpc) is 2.37. The Hall–Kier alpha value is -0.770. The van der Waals surface area contributed by atoms with Crippen molar-refractivity contribution < 1.29 is 9.47 Å². The van der Waals surface area contributed by atoms with Crippen LogP contribution in [0.3, 0.4) is 0 Å². The van der Waals surface area contributed by atoms with Crippen LogP contribution in [0.25, 0.3) is 0 Å². The normalized spacial score (nSPS) is 26.7. The number of para-hydroxylation sites is 1. The van der Waals surface area contributed by atoms with E-state index in [4.69, 9.17) is 21.1 Å². The van der Waals surface area contributed by atoms with Gasteiger partial charge in [0, 0.05) is 19.1 Å². The SMILES string of the molecule is CCNC1CC(Oc2ccccc2Cl)C1OCC. The Balaban J connectivity index is 1.96. The molecule has 0 radical (unpaired) electrons. The van der Waals surface area contributed by atoms with Gasteiger partial charge < -0.3 is 14.8 Å². The fourth-order valence-corrected chi connectivity index (χ4v) is 2.46. The first-order chi connectivity index (χ1) is 8.76. The van der Waals surface area contributed by atoms with Gasteiger partial charge in [0.25, 0.3) is 0 Å². The Morgan fingerprint density at radius 2 is 2.11 bits per heavy atom. The van der Waals surface area contributed by atoms with Crippen LogP contribution < -0.4 is 10.1 Å². The van der Waals surface area contributed by atoms with Crippen molar-refractivity contribution >= 4 is 11.6 Å². The van der Waals surface area contributed by atoms with Crippen molar-refractivity contribution in [3.63, 3.8) is 0 Å². The lowest BCUT2D eigenvalue weighted by Crippen LogP contribution is -2.61. The van der Waals surface area contributed by atoms with Crippen LogP contribution >= 0.6 is 11.6 Å². The van der Waals surface area contributed by atoms with Gasteiger partial charge in [-0.05, 0) is 25.6 Å². The first kappa shape index (κ1) is 13.7. The summed E-state index contributed by atoms with van der Waals surface area (Å²) in [6.07, 6.45) is 1.17. The summed E-state index contributed by atoms with van der Waals surface area (Å²) in [6.45, 7) is 5.77. The maximum Gasteiger partial charge on any atom is 0.138 e. The zero-order chi connectivity index (χ0) is 13.0. The third kappa shape index (κ3) is 2.97. The van der Waals surface area contributed by atoms with E-state index in [1.807, 2.05) is 31.2 Å². The Bertz CT molecular complexity index is 386. The van der Waals surface area contributed by atoms with Gasteiger partial charge in [0.15, 0.2) is 0 Å². The van der Waals surface area contributed by atoms with Crippen molar-refractivity contribution in [2.45, 2.75) is 38.5 Å². The van der Waals surface area contributed by atoms with Crippen molar-refractivity contribution in [2.75, 3.05) is 13.2 Å². The predicted octanol–water partition coefficient (Wildman–Crippen LogP) is 2.87. The second kappa shape index (κ2) is 6.41. The quantitative estimate of drug-likeness (QED) is 0.861. The van der Waals surface area contributed by atoms with E-state index in [0.29, 0.717) is 17.7 Å². The molecule has 1 fully saturated rings. The highest BCUT2D eigenvalue weighted by Gasteiger charge is 2.43. The van der Waals surface area contributed by atoms with Gasteiger partial charge in [-0.25, -0.2) is 0 Å². The molecule has 0 bridgehead atoms. The number of hydrogen-bond acceptors (Lipinski definition) is 3. The largest absolute Gasteiger partial charge is 0.486 e. The molecule has 1 aromatic rings. The third-order valence-corrected chi connectivity index (χ3v) is 3.50. The molecule has 1 N–H and O–H groups in total. The molecule has 0 heterocycles. The van der Waals surface area contributed by atoms with Crippen molar-refractivity contribution in [1.29, 1.82) is 0 Å². The summed E-state index contributed by atoms with van der Waals surface area (Å²) in [5, 5.41) is 4.06. The molecule has 3 atom stereocenters. The summed E-state index contributed by atoms with van der Waals surface area (Å²) in [6, 6.07) is 7.95. The highest BCUT2D eigenvalue weighted by Crippen LogP contribution is 2.32. The van der Waals surface area contributed by atoms with E-state index >= 15 is 0 Å². The predicted molar refractivity (Wildman–Crippen MR) is 73.4 cm³/mol. The van der Waals surface area contributed by atoms with Crippen LogP contribution in [0, 0.1) is 0 Å². The summed E-state index contributed by atoms with van der Waals surface area (Å²) in [5.41, 5.74) is 0. The molecule has 100 valence electrons. The first-order valence-corrected chi connectivity index (χ1v) is 6.90. The summed E-state index contributed by atoms with van der Waals surface area (Å²) < 4.78 is 11.7. The smallest absolute Gasteiger partial charge is 0.138 e. The van der Waals surface area contributed by atoms with E-state index < -0.39 is 0 Å². The maximum atomic E-state index is 6.09. The second-order valence-corrected chi connectivity index (χ2v) is 4.81. The standard InChI is InChI=1S/C14H20ClNO2/c1-3-16-11-9-13(14(11)17-4-2)18-12-8-6-5-7-10(12)15/h5-8,11,13-14,16H,3-4,9H2,1-2H3. The van der Waals surface area contributed by atoms with Crippen LogP contribution in [0.2, 0.25) is 5.02 Å². The lowest BCUT2D eigenvalue weighted by atomic mass is 9.85. The molecule has 0 spiro atoms. The van der Waals surface area contributed by atoms with Crippen LogP contribution in [0.1, 0.15) is 20.3 Å². The molecule has 1 aliphatic carbocycles. The highest BCUT2D eigenvalue weighted by atomic mass is 35.5. The van der Waals surface area contributed by atoms with Crippen LogP contribution in [-0.2, 0) is 4.74 Å². The monoisotopic (exact) mass is 269 g/mol. The highest BCUT2D eigenvalue weighted by molar-refractivity contribution is 6.32. The first-order valence-electron chi connectivity index (χ1n) is 6.52. The fraction of sp³-hybridized carbons (Fsp3) is 0.571. The third-order valence-electron chi connectivity index (χ3n) is 3.19. The van der Waals surface area contributed by atoms with E-state index in [1.54, 1.807) is 0 Å². The number of benzene rings is 1. The Kier molecular flexibility index (Phi) is 4.87. The molecule has 3 unspecified atom stereocenters. The summed E-state index contributed by atoms with van der Waals surface area (Å²) in [7, 11) is 0. The molecule has 1 aliphatic rings. The average molecular weight is 270 g/mol. The Labute approximate surface area is 113 Å². The number of likely N-dealkylation sites (N-methyl/N-ethyl adjacent to an activating group) is 1. The molecule has 4 heteroatoms. The molecule has 18 heavy (non-hydrogen) atoms. The molecule has 0 saturated heterocycles. The van der Waals surface area contributed by atoms with Gasteiger partial charge in [-0.15, -0.1) is 0 Å². The summed E-state index contributed by atoms with van der Waals surface area (Å²) in [5.74, 6) is 0.740. The topological polar surface area (TPSA) is 30.5 Å². The van der Waals surface area contributed by atoms with E-state index in [-0.39, 0.29) is 12.2 Å². The second-order valence-electron chi connectivity index (χ2n) is 4.41. The maximum absolute atomic E-state index is 6.09. The fourth-order valence-electron chi connectivity index (χ4n) is 2.28. The van der Waals surface area contributed by atoms with Crippen LogP contribution in [0.15, 0.2) is 24.3 Å². The van der Waals surface area contributed by atoms with Crippen molar-refractivity contribution in [3.8, 4) is 5.75 Å². The van der Waals surface area contributed by atoms with Crippen molar-refractivity contribution in [2.24, 2.45) is 0 Å². The summed E-state index contributed by atoms with van der Waals surface area (Å²) >= 11 is 6.09. The van der Waals surface area contributed by atoms with Crippen LogP contribution in [0.4, 0.5) is 0 Å². The van der Waals surface area contributed by atoms with Gasteiger partial charge in [0.2, 0.25) is 0 Å². The van der Waals surface area contributed by atoms with E-state index in [9.17, 15) is 0 Å². The Morgan fingerprint density at radius 3 is 2.78 bits per heavy atom. The van der Waals surface area contributed by atoms with Crippen molar-refractivity contribution in [3.05, 3.63) is 29.3 Å². The number of halogens is 1. The molecule has 0 aliphatic heterocycles. The van der Waals surface area contributed by atoms with Gasteiger partial charge in [0.05, 0.1) is 5.02 Å². The molecule has 1 saturated carbocycles. The molecular formula is C14H20ClNO2. The number of rotatable bonds is 6. The zero-order valence-corrected chi connectivity index (χ0v) is 11.6. The molecular weight excluding hydrogens is 250 g/mol. The molecule has 3 nitrogen and oxygen atoms in total. The van der Waals surface area contributed by atoms with Gasteiger partial charge in [-0.1, -0.05) is 30.7 Å². The molecule has 0 amide bonds.